The van der Waals surface area contributed by atoms with Gasteiger partial charge in [0.05, 0.1) is 19.7 Å². The summed E-state index contributed by atoms with van der Waals surface area (Å²) in [5.41, 5.74) is 5.96. The van der Waals surface area contributed by atoms with Gasteiger partial charge in [0.15, 0.2) is 0 Å². The highest BCUT2D eigenvalue weighted by molar-refractivity contribution is 5.85. The van der Waals surface area contributed by atoms with Gasteiger partial charge >= 0.3 is 0 Å². The van der Waals surface area contributed by atoms with Crippen molar-refractivity contribution in [3.8, 4) is 5.75 Å². The van der Waals surface area contributed by atoms with E-state index in [2.05, 4.69) is 5.32 Å². The molecule has 120 valence electrons. The Morgan fingerprint density at radius 1 is 1.43 bits per heavy atom. The predicted octanol–water partition coefficient (Wildman–Crippen LogP) is 2.29. The Labute approximate surface area is 129 Å². The highest BCUT2D eigenvalue weighted by atomic mass is 35.5. The Morgan fingerprint density at radius 2 is 2.14 bits per heavy atom. The molecule has 0 aliphatic carbocycles. The van der Waals surface area contributed by atoms with Crippen molar-refractivity contribution in [3.05, 3.63) is 29.8 Å². The fourth-order valence-corrected chi connectivity index (χ4v) is 1.52. The van der Waals surface area contributed by atoms with Gasteiger partial charge in [-0.05, 0) is 31.0 Å². The first-order valence-corrected chi connectivity index (χ1v) is 6.47. The summed E-state index contributed by atoms with van der Waals surface area (Å²) in [4.78, 5) is 11.3. The molecule has 0 fully saturated rings. The van der Waals surface area contributed by atoms with Crippen LogP contribution in [0.25, 0.3) is 0 Å². The van der Waals surface area contributed by atoms with E-state index in [1.54, 1.807) is 0 Å². The van der Waals surface area contributed by atoms with Crippen LogP contribution in [-0.2, 0) is 4.79 Å². The monoisotopic (exact) mass is 322 g/mol. The molecule has 1 amide bonds. The van der Waals surface area contributed by atoms with Gasteiger partial charge in [0, 0.05) is 6.42 Å². The smallest absolute Gasteiger partial charge is 0.277 e. The molecule has 0 radical (unpaired) electrons. The third-order valence-corrected chi connectivity index (χ3v) is 2.65. The molecule has 1 aromatic carbocycles. The zero-order valence-electron chi connectivity index (χ0n) is 11.9. The summed E-state index contributed by atoms with van der Waals surface area (Å²) >= 11 is 0. The van der Waals surface area contributed by atoms with Crippen molar-refractivity contribution in [1.82, 2.24) is 5.32 Å². The van der Waals surface area contributed by atoms with Crippen molar-refractivity contribution >= 4 is 18.3 Å². The lowest BCUT2D eigenvalue weighted by atomic mass is 10.2. The fraction of sp³-hybridized carbons (Fsp3) is 0.500. The van der Waals surface area contributed by atoms with E-state index in [1.165, 1.54) is 0 Å². The number of alkyl halides is 2. The number of nitrogens with two attached hydrogens (primary N) is 1. The molecule has 1 rings (SSSR count). The molecule has 0 aliphatic heterocycles. The van der Waals surface area contributed by atoms with E-state index in [9.17, 15) is 13.6 Å². The number of benzene rings is 1. The lowest BCUT2D eigenvalue weighted by Gasteiger charge is -2.14. The first-order valence-electron chi connectivity index (χ1n) is 6.47. The zero-order valence-corrected chi connectivity index (χ0v) is 12.7. The Kier molecular flexibility index (Phi) is 8.89. The SMILES string of the molecule is Cc1cccc(OCCCC(=O)NCC(F)(F)CN)c1.Cl. The van der Waals surface area contributed by atoms with Crippen molar-refractivity contribution in [2.45, 2.75) is 25.7 Å². The molecule has 21 heavy (non-hydrogen) atoms. The van der Waals surface area contributed by atoms with E-state index in [1.807, 2.05) is 31.2 Å². The van der Waals surface area contributed by atoms with Crippen LogP contribution in [0.4, 0.5) is 8.78 Å². The molecule has 4 nitrogen and oxygen atoms in total. The molecule has 0 bridgehead atoms. The number of ether oxygens (including phenoxy) is 1. The first-order chi connectivity index (χ1) is 9.43. The third-order valence-electron chi connectivity index (χ3n) is 2.65. The average Bonchev–Trinajstić information content (AvgIpc) is 2.42. The molecule has 0 aliphatic rings. The van der Waals surface area contributed by atoms with Crippen LogP contribution in [0.1, 0.15) is 18.4 Å². The predicted molar refractivity (Wildman–Crippen MR) is 80.2 cm³/mol. The van der Waals surface area contributed by atoms with E-state index >= 15 is 0 Å². The second kappa shape index (κ2) is 9.52. The van der Waals surface area contributed by atoms with Crippen LogP contribution in [0.2, 0.25) is 0 Å². The van der Waals surface area contributed by atoms with Gasteiger partial charge in [0.25, 0.3) is 5.92 Å². The van der Waals surface area contributed by atoms with Gasteiger partial charge in [-0.1, -0.05) is 12.1 Å². The maximum Gasteiger partial charge on any atom is 0.277 e. The molecule has 3 N–H and O–H groups in total. The summed E-state index contributed by atoms with van der Waals surface area (Å²) in [6, 6.07) is 7.56. The summed E-state index contributed by atoms with van der Waals surface area (Å²) in [7, 11) is 0. The number of nitrogens with one attached hydrogen (secondary N) is 1. The third kappa shape index (κ3) is 8.47. The lowest BCUT2D eigenvalue weighted by Crippen LogP contribution is -2.41. The molecule has 0 saturated carbocycles. The molecule has 0 spiro atoms. The molecule has 0 unspecified atom stereocenters. The summed E-state index contributed by atoms with van der Waals surface area (Å²) in [5, 5.41) is 2.16. The first kappa shape index (κ1) is 19.6. The van der Waals surface area contributed by atoms with Gasteiger partial charge in [-0.2, -0.15) is 0 Å². The highest BCUT2D eigenvalue weighted by Gasteiger charge is 2.26. The minimum atomic E-state index is -3.05. The molecule has 1 aromatic rings. The second-order valence-electron chi connectivity index (χ2n) is 4.61. The summed E-state index contributed by atoms with van der Waals surface area (Å²) in [6.45, 7) is 0.826. The Balaban J connectivity index is 0.00000400. The maximum absolute atomic E-state index is 12.8. The number of aryl methyl sites for hydroxylation is 1. The van der Waals surface area contributed by atoms with Gasteiger partial charge < -0.3 is 15.8 Å². The average molecular weight is 323 g/mol. The normalized spacial score (nSPS) is 10.7. The highest BCUT2D eigenvalue weighted by Crippen LogP contribution is 2.13. The number of amides is 1. The maximum atomic E-state index is 12.8. The van der Waals surface area contributed by atoms with Crippen LogP contribution >= 0.6 is 12.4 Å². The van der Waals surface area contributed by atoms with E-state index in [4.69, 9.17) is 10.5 Å². The largest absolute Gasteiger partial charge is 0.494 e. The van der Waals surface area contributed by atoms with Gasteiger partial charge in [-0.3, -0.25) is 4.79 Å². The van der Waals surface area contributed by atoms with Crippen LogP contribution < -0.4 is 15.8 Å². The van der Waals surface area contributed by atoms with E-state index in [0.717, 1.165) is 11.3 Å². The number of halogens is 3. The minimum absolute atomic E-state index is 0. The van der Waals surface area contributed by atoms with Crippen LogP contribution in [-0.4, -0.2) is 31.5 Å². The number of hydrogen-bond acceptors (Lipinski definition) is 3. The van der Waals surface area contributed by atoms with Crippen molar-refractivity contribution < 1.29 is 18.3 Å². The number of hydrogen-bond donors (Lipinski definition) is 2. The summed E-state index contributed by atoms with van der Waals surface area (Å²) in [6.07, 6.45) is 0.612. The van der Waals surface area contributed by atoms with E-state index < -0.39 is 24.9 Å². The van der Waals surface area contributed by atoms with Gasteiger partial charge in [-0.15, -0.1) is 12.4 Å². The van der Waals surface area contributed by atoms with Crippen LogP contribution in [0, 0.1) is 6.92 Å². The van der Waals surface area contributed by atoms with Crippen LogP contribution in [0.15, 0.2) is 24.3 Å². The fourth-order valence-electron chi connectivity index (χ4n) is 1.52. The summed E-state index contributed by atoms with van der Waals surface area (Å²) < 4.78 is 31.0. The summed E-state index contributed by atoms with van der Waals surface area (Å²) in [5.74, 6) is -2.74. The lowest BCUT2D eigenvalue weighted by molar-refractivity contribution is -0.123. The minimum Gasteiger partial charge on any atom is -0.494 e. The molecular formula is C14H21ClF2N2O2. The molecule has 0 aromatic heterocycles. The molecule has 0 atom stereocenters. The molecule has 0 heterocycles. The van der Waals surface area contributed by atoms with Crippen molar-refractivity contribution in [2.75, 3.05) is 19.7 Å². The number of carbonyl (C=O) groups excluding carboxylic acids is 1. The Hall–Kier alpha value is -1.40. The number of rotatable bonds is 8. The van der Waals surface area contributed by atoms with Gasteiger partial charge in [0.1, 0.15) is 5.75 Å². The van der Waals surface area contributed by atoms with Crippen molar-refractivity contribution in [2.24, 2.45) is 5.73 Å². The van der Waals surface area contributed by atoms with Crippen molar-refractivity contribution in [3.63, 3.8) is 0 Å². The van der Waals surface area contributed by atoms with E-state index in [0.29, 0.717) is 13.0 Å². The Bertz CT molecular complexity index is 445. The van der Waals surface area contributed by atoms with Gasteiger partial charge in [0.2, 0.25) is 5.91 Å². The second-order valence-corrected chi connectivity index (χ2v) is 4.61. The standard InChI is InChI=1S/C14H20F2N2O2.ClH/c1-11-4-2-5-12(8-11)20-7-3-6-13(19)18-10-14(15,16)9-17;/h2,4-5,8H,3,6-7,9-10,17H2,1H3,(H,18,19);1H. The van der Waals surface area contributed by atoms with E-state index in [-0.39, 0.29) is 18.8 Å². The van der Waals surface area contributed by atoms with Crippen LogP contribution in [0.3, 0.4) is 0 Å². The van der Waals surface area contributed by atoms with Gasteiger partial charge in [-0.25, -0.2) is 8.78 Å². The molecule has 0 saturated heterocycles. The topological polar surface area (TPSA) is 64.3 Å². The number of carbonyl (C=O) groups is 1. The zero-order chi connectivity index (χ0) is 15.0. The molecule has 7 heteroatoms. The molecular weight excluding hydrogens is 302 g/mol. The van der Waals surface area contributed by atoms with Crippen LogP contribution in [0.5, 0.6) is 5.75 Å². The quantitative estimate of drug-likeness (QED) is 0.722. The Morgan fingerprint density at radius 3 is 2.76 bits per heavy atom. The van der Waals surface area contributed by atoms with Crippen molar-refractivity contribution in [1.29, 1.82) is 0 Å².